The lowest BCUT2D eigenvalue weighted by Gasteiger charge is -2.37. The van der Waals surface area contributed by atoms with Crippen LogP contribution in [0.2, 0.25) is 5.02 Å². The van der Waals surface area contributed by atoms with Gasteiger partial charge in [0.1, 0.15) is 0 Å². The number of nitrogens with zero attached hydrogens (tertiary/aromatic N) is 3. The summed E-state index contributed by atoms with van der Waals surface area (Å²) in [4.78, 5) is 15.2. The molecule has 0 bridgehead atoms. The summed E-state index contributed by atoms with van der Waals surface area (Å²) in [6.07, 6.45) is 4.29. The maximum atomic E-state index is 13.3. The Morgan fingerprint density at radius 3 is 2.69 bits per heavy atom. The highest BCUT2D eigenvalue weighted by Crippen LogP contribution is 2.43. The summed E-state index contributed by atoms with van der Waals surface area (Å²) < 4.78 is 2.21. The monoisotopic (exact) mass is 366 g/mol. The Morgan fingerprint density at radius 2 is 1.92 bits per heavy atom. The number of benzene rings is 1. The average molecular weight is 367 g/mol. The Labute approximate surface area is 156 Å². The predicted octanol–water partition coefficient (Wildman–Crippen LogP) is 3.99. The van der Waals surface area contributed by atoms with E-state index in [2.05, 4.69) is 39.2 Å². The zero-order chi connectivity index (χ0) is 17.7. The molecular formula is C20H19ClN4O. The van der Waals surface area contributed by atoms with Crippen LogP contribution in [0.15, 0.2) is 48.7 Å². The molecule has 0 radical (unpaired) electrons. The van der Waals surface area contributed by atoms with Crippen LogP contribution in [-0.4, -0.2) is 32.1 Å². The number of aromatic nitrogens is 3. The van der Waals surface area contributed by atoms with Crippen LogP contribution in [0.4, 0.5) is 0 Å². The molecule has 3 aromatic rings. The van der Waals surface area contributed by atoms with Crippen LogP contribution in [0.3, 0.4) is 0 Å². The molecule has 26 heavy (non-hydrogen) atoms. The molecule has 2 aromatic heterocycles. The van der Waals surface area contributed by atoms with E-state index in [0.29, 0.717) is 23.2 Å². The number of carbonyl (C=O) groups excluding carboxylic acids is 1. The number of halogens is 1. The third kappa shape index (κ3) is 2.46. The van der Waals surface area contributed by atoms with Gasteiger partial charge in [0.15, 0.2) is 5.69 Å². The summed E-state index contributed by atoms with van der Waals surface area (Å²) in [5.41, 5.74) is 3.46. The molecule has 1 saturated carbocycles. The zero-order valence-electron chi connectivity index (χ0n) is 14.2. The van der Waals surface area contributed by atoms with E-state index in [1.807, 2.05) is 29.2 Å². The van der Waals surface area contributed by atoms with Crippen LogP contribution in [0.25, 0.3) is 0 Å². The van der Waals surface area contributed by atoms with Crippen LogP contribution in [0.1, 0.15) is 52.2 Å². The molecular weight excluding hydrogens is 348 g/mol. The molecule has 1 N–H and O–H groups in total. The van der Waals surface area contributed by atoms with E-state index in [9.17, 15) is 4.79 Å². The highest BCUT2D eigenvalue weighted by molar-refractivity contribution is 6.34. The summed E-state index contributed by atoms with van der Waals surface area (Å²) in [6.45, 7) is 1.40. The predicted molar refractivity (Wildman–Crippen MR) is 99.3 cm³/mol. The standard InChI is InChI=1S/C20H19ClN4O/c21-16-17(13-8-9-13)22-23-18(16)20(26)25-12-11-24-10-4-7-15(24)19(25)14-5-2-1-3-6-14/h1-7,10,13,19H,8-9,11-12H2,(H,22,23). The molecule has 0 spiro atoms. The van der Waals surface area contributed by atoms with Crippen molar-refractivity contribution in [3.05, 3.63) is 76.3 Å². The Bertz CT molecular complexity index is 957. The van der Waals surface area contributed by atoms with Crippen molar-refractivity contribution >= 4 is 17.5 Å². The first-order valence-electron chi connectivity index (χ1n) is 8.98. The SMILES string of the molecule is O=C(c1n[nH]c(C2CC2)c1Cl)N1CCn2cccc2C1c1ccccc1. The van der Waals surface area contributed by atoms with Crippen LogP contribution >= 0.6 is 11.6 Å². The van der Waals surface area contributed by atoms with Gasteiger partial charge in [-0.2, -0.15) is 5.10 Å². The Hall–Kier alpha value is -2.53. The van der Waals surface area contributed by atoms with Crippen molar-refractivity contribution in [3.8, 4) is 0 Å². The minimum Gasteiger partial charge on any atom is -0.348 e. The van der Waals surface area contributed by atoms with Crippen molar-refractivity contribution in [2.24, 2.45) is 0 Å². The molecule has 1 aliphatic heterocycles. The van der Waals surface area contributed by atoms with Crippen molar-refractivity contribution < 1.29 is 4.79 Å². The summed E-state index contributed by atoms with van der Waals surface area (Å²) in [6, 6.07) is 14.1. The first kappa shape index (κ1) is 15.7. The van der Waals surface area contributed by atoms with E-state index in [4.69, 9.17) is 11.6 Å². The fraction of sp³-hybridized carbons (Fsp3) is 0.300. The number of carbonyl (C=O) groups is 1. The molecule has 1 aliphatic carbocycles. The summed E-state index contributed by atoms with van der Waals surface area (Å²) in [5, 5.41) is 7.75. The van der Waals surface area contributed by atoms with Crippen molar-refractivity contribution in [3.63, 3.8) is 0 Å². The summed E-state index contributed by atoms with van der Waals surface area (Å²) in [7, 11) is 0. The maximum absolute atomic E-state index is 13.3. The van der Waals surface area contributed by atoms with Crippen molar-refractivity contribution in [2.75, 3.05) is 6.54 Å². The van der Waals surface area contributed by atoms with E-state index in [1.54, 1.807) is 0 Å². The van der Waals surface area contributed by atoms with Gasteiger partial charge in [-0.05, 0) is 30.5 Å². The number of rotatable bonds is 3. The largest absolute Gasteiger partial charge is 0.348 e. The lowest BCUT2D eigenvalue weighted by molar-refractivity contribution is 0.0658. The van der Waals surface area contributed by atoms with Gasteiger partial charge in [-0.25, -0.2) is 0 Å². The first-order valence-corrected chi connectivity index (χ1v) is 9.36. The van der Waals surface area contributed by atoms with Crippen LogP contribution in [0, 0.1) is 0 Å². The van der Waals surface area contributed by atoms with E-state index < -0.39 is 0 Å². The van der Waals surface area contributed by atoms with Gasteiger partial charge in [-0.3, -0.25) is 9.89 Å². The topological polar surface area (TPSA) is 53.9 Å². The molecule has 2 aliphatic rings. The van der Waals surface area contributed by atoms with E-state index in [1.165, 1.54) is 0 Å². The molecule has 1 amide bonds. The van der Waals surface area contributed by atoms with Crippen LogP contribution < -0.4 is 0 Å². The van der Waals surface area contributed by atoms with Gasteiger partial charge in [0.05, 0.1) is 16.8 Å². The number of amides is 1. The van der Waals surface area contributed by atoms with Gasteiger partial charge in [-0.1, -0.05) is 41.9 Å². The summed E-state index contributed by atoms with van der Waals surface area (Å²) >= 11 is 6.50. The molecule has 3 heterocycles. The molecule has 0 saturated heterocycles. The molecule has 1 atom stereocenters. The molecule has 5 rings (SSSR count). The highest BCUT2D eigenvalue weighted by Gasteiger charge is 2.36. The Kier molecular flexibility index (Phi) is 3.64. The molecule has 1 aromatic carbocycles. The third-order valence-electron chi connectivity index (χ3n) is 5.34. The Balaban J connectivity index is 1.55. The van der Waals surface area contributed by atoms with Gasteiger partial charge < -0.3 is 9.47 Å². The molecule has 5 nitrogen and oxygen atoms in total. The number of fused-ring (bicyclic) bond motifs is 1. The number of nitrogens with one attached hydrogen (secondary N) is 1. The number of hydrogen-bond donors (Lipinski definition) is 1. The molecule has 1 fully saturated rings. The van der Waals surface area contributed by atoms with Crippen LogP contribution in [-0.2, 0) is 6.54 Å². The van der Waals surface area contributed by atoms with E-state index in [-0.39, 0.29) is 11.9 Å². The minimum absolute atomic E-state index is 0.112. The maximum Gasteiger partial charge on any atom is 0.276 e. The zero-order valence-corrected chi connectivity index (χ0v) is 15.0. The molecule has 6 heteroatoms. The lowest BCUT2D eigenvalue weighted by Crippen LogP contribution is -2.42. The van der Waals surface area contributed by atoms with Gasteiger partial charge in [-0.15, -0.1) is 0 Å². The summed E-state index contributed by atoms with van der Waals surface area (Å²) in [5.74, 6) is 0.319. The van der Waals surface area contributed by atoms with Gasteiger partial charge in [0, 0.05) is 30.9 Å². The minimum atomic E-state index is -0.135. The van der Waals surface area contributed by atoms with Crippen molar-refractivity contribution in [2.45, 2.75) is 31.3 Å². The second kappa shape index (κ2) is 6.02. The average Bonchev–Trinajstić information content (AvgIpc) is 3.27. The number of hydrogen-bond acceptors (Lipinski definition) is 2. The lowest BCUT2D eigenvalue weighted by atomic mass is 9.99. The van der Waals surface area contributed by atoms with Crippen molar-refractivity contribution in [1.29, 1.82) is 0 Å². The normalized spacial score (nSPS) is 19.4. The Morgan fingerprint density at radius 1 is 1.12 bits per heavy atom. The van der Waals surface area contributed by atoms with Gasteiger partial charge >= 0.3 is 0 Å². The third-order valence-corrected chi connectivity index (χ3v) is 5.72. The fourth-order valence-electron chi connectivity index (χ4n) is 3.85. The van der Waals surface area contributed by atoms with Gasteiger partial charge in [0.25, 0.3) is 5.91 Å². The second-order valence-corrected chi connectivity index (χ2v) is 7.39. The fourth-order valence-corrected chi connectivity index (χ4v) is 4.17. The molecule has 132 valence electrons. The quantitative estimate of drug-likeness (QED) is 0.762. The highest BCUT2D eigenvalue weighted by atomic mass is 35.5. The smallest absolute Gasteiger partial charge is 0.276 e. The second-order valence-electron chi connectivity index (χ2n) is 7.01. The van der Waals surface area contributed by atoms with Crippen LogP contribution in [0.5, 0.6) is 0 Å². The molecule has 1 unspecified atom stereocenters. The van der Waals surface area contributed by atoms with E-state index in [0.717, 1.165) is 36.3 Å². The number of H-pyrrole nitrogens is 1. The first-order chi connectivity index (χ1) is 12.7. The van der Waals surface area contributed by atoms with Gasteiger partial charge in [0.2, 0.25) is 0 Å². The van der Waals surface area contributed by atoms with Crippen molar-refractivity contribution in [1.82, 2.24) is 19.7 Å². The van der Waals surface area contributed by atoms with E-state index >= 15 is 0 Å². The number of aromatic amines is 1.